The Morgan fingerprint density at radius 1 is 1.29 bits per heavy atom. The second kappa shape index (κ2) is 9.31. The molecule has 80 valence electrons. The second-order valence-corrected chi connectivity index (χ2v) is 2.23. The number of hydrogen-bond acceptors (Lipinski definition) is 3. The third kappa shape index (κ3) is 12.9. The van der Waals surface area contributed by atoms with Gasteiger partial charge in [0, 0.05) is 6.08 Å². The molecule has 0 rings (SSSR count). The highest BCUT2D eigenvalue weighted by atomic mass is 16.4. The Kier molecular flexibility index (Phi) is 9.79. The fourth-order valence-corrected chi connectivity index (χ4v) is 0.368. The summed E-state index contributed by atoms with van der Waals surface area (Å²) >= 11 is 0. The van der Waals surface area contributed by atoms with Crippen molar-refractivity contribution in [3.05, 3.63) is 24.5 Å². The summed E-state index contributed by atoms with van der Waals surface area (Å²) in [4.78, 5) is 19.1. The van der Waals surface area contributed by atoms with Gasteiger partial charge >= 0.3 is 11.9 Å². The van der Waals surface area contributed by atoms with Crippen LogP contribution in [0.1, 0.15) is 19.8 Å². The van der Waals surface area contributed by atoms with E-state index in [9.17, 15) is 9.59 Å². The van der Waals surface area contributed by atoms with Crippen LogP contribution in [-0.2, 0) is 9.59 Å². The molecule has 0 aromatic heterocycles. The Hall–Kier alpha value is -1.78. The van der Waals surface area contributed by atoms with E-state index in [1.54, 1.807) is 0 Å². The van der Waals surface area contributed by atoms with Crippen molar-refractivity contribution in [3.63, 3.8) is 0 Å². The van der Waals surface area contributed by atoms with Crippen LogP contribution in [0.3, 0.4) is 0 Å². The van der Waals surface area contributed by atoms with Crippen LogP contribution in [0.4, 0.5) is 0 Å². The van der Waals surface area contributed by atoms with E-state index >= 15 is 0 Å². The summed E-state index contributed by atoms with van der Waals surface area (Å²) in [6.45, 7) is 4.87. The van der Waals surface area contributed by atoms with Crippen LogP contribution in [0.15, 0.2) is 24.5 Å². The largest absolute Gasteiger partial charge is 0.502 e. The molecule has 5 nitrogen and oxygen atoms in total. The molecule has 0 fully saturated rings. The van der Waals surface area contributed by atoms with E-state index in [0.29, 0.717) is 6.42 Å². The van der Waals surface area contributed by atoms with Gasteiger partial charge in [0.2, 0.25) is 0 Å². The van der Waals surface area contributed by atoms with Crippen LogP contribution >= 0.6 is 0 Å². The molecular formula is C9H14O5. The zero-order chi connectivity index (χ0) is 11.6. The van der Waals surface area contributed by atoms with Crippen LogP contribution in [0.2, 0.25) is 0 Å². The monoisotopic (exact) mass is 202 g/mol. The molecule has 0 bridgehead atoms. The maximum atomic E-state index is 9.89. The smallest absolute Gasteiger partial charge is 0.370 e. The third-order valence-corrected chi connectivity index (χ3v) is 1.02. The number of allylic oxidation sites excluding steroid dienone is 1. The Bertz CT molecular complexity index is 229. The molecule has 0 radical (unpaired) electrons. The molecule has 0 heterocycles. The van der Waals surface area contributed by atoms with Crippen LogP contribution in [0.5, 0.6) is 0 Å². The maximum Gasteiger partial charge on any atom is 0.370 e. The van der Waals surface area contributed by atoms with Crippen molar-refractivity contribution in [1.82, 2.24) is 0 Å². The molecule has 0 saturated heterocycles. The van der Waals surface area contributed by atoms with Crippen molar-refractivity contribution >= 4 is 11.9 Å². The molecule has 0 aromatic carbocycles. The predicted molar refractivity (Wildman–Crippen MR) is 51.1 cm³/mol. The van der Waals surface area contributed by atoms with E-state index < -0.39 is 17.7 Å². The molecule has 0 aromatic rings. The minimum atomic E-state index is -1.26. The van der Waals surface area contributed by atoms with Crippen molar-refractivity contribution in [2.45, 2.75) is 19.8 Å². The second-order valence-electron chi connectivity index (χ2n) is 2.23. The number of aliphatic carboxylic acids is 2. The molecule has 5 heteroatoms. The molecule has 0 aliphatic heterocycles. The Morgan fingerprint density at radius 3 is 1.93 bits per heavy atom. The average Bonchev–Trinajstić information content (AvgIpc) is 2.14. The van der Waals surface area contributed by atoms with E-state index in [4.69, 9.17) is 15.3 Å². The van der Waals surface area contributed by atoms with Gasteiger partial charge in [-0.15, -0.1) is 0 Å². The number of carboxylic acid groups (broad SMARTS) is 2. The lowest BCUT2D eigenvalue weighted by atomic mass is 10.3. The quantitative estimate of drug-likeness (QED) is 0.475. The van der Waals surface area contributed by atoms with Gasteiger partial charge < -0.3 is 15.3 Å². The Labute approximate surface area is 82.0 Å². The zero-order valence-electron chi connectivity index (χ0n) is 7.93. The van der Waals surface area contributed by atoms with Gasteiger partial charge in [-0.05, 0) is 12.5 Å². The predicted octanol–water partition coefficient (Wildman–Crippen LogP) is 1.57. The molecule has 3 N–H and O–H groups in total. The molecule has 0 amide bonds. The van der Waals surface area contributed by atoms with Gasteiger partial charge in [-0.3, -0.25) is 0 Å². The molecule has 0 spiro atoms. The number of unbranched alkanes of at least 4 members (excludes halogenated alkanes) is 1. The van der Waals surface area contributed by atoms with Crippen LogP contribution in [0.25, 0.3) is 0 Å². The van der Waals surface area contributed by atoms with E-state index in [-0.39, 0.29) is 0 Å². The average molecular weight is 202 g/mol. The van der Waals surface area contributed by atoms with Gasteiger partial charge in [0.15, 0.2) is 5.76 Å². The standard InChI is InChI=1S/C6H10O3.C3H4O2/c1-2-3-4-5(7)6(8)9;1-2-3(4)5/h4,7H,2-3H2,1H3,(H,8,9);2H,1H2,(H,4,5)/b5-4-;. The van der Waals surface area contributed by atoms with Gasteiger partial charge in [0.05, 0.1) is 0 Å². The lowest BCUT2D eigenvalue weighted by molar-refractivity contribution is -0.135. The molecule has 0 aliphatic rings. The van der Waals surface area contributed by atoms with E-state index in [0.717, 1.165) is 12.5 Å². The first-order valence-electron chi connectivity index (χ1n) is 3.93. The lowest BCUT2D eigenvalue weighted by Crippen LogP contribution is -1.98. The first-order chi connectivity index (χ1) is 6.45. The number of rotatable bonds is 4. The summed E-state index contributed by atoms with van der Waals surface area (Å²) in [6, 6.07) is 0. The van der Waals surface area contributed by atoms with Gasteiger partial charge in [-0.2, -0.15) is 0 Å². The van der Waals surface area contributed by atoms with Gasteiger partial charge in [-0.25, -0.2) is 9.59 Å². The summed E-state index contributed by atoms with van der Waals surface area (Å²) < 4.78 is 0. The summed E-state index contributed by atoms with van der Waals surface area (Å²) in [5.41, 5.74) is 0. The van der Waals surface area contributed by atoms with Crippen molar-refractivity contribution < 1.29 is 24.9 Å². The normalized spacial score (nSPS) is 9.64. The first-order valence-corrected chi connectivity index (χ1v) is 3.93. The van der Waals surface area contributed by atoms with Gasteiger partial charge in [0.25, 0.3) is 0 Å². The van der Waals surface area contributed by atoms with Crippen molar-refractivity contribution in [2.24, 2.45) is 0 Å². The fraction of sp³-hybridized carbons (Fsp3) is 0.333. The van der Waals surface area contributed by atoms with Crippen molar-refractivity contribution in [3.8, 4) is 0 Å². The summed E-state index contributed by atoms with van der Waals surface area (Å²) in [6.07, 6.45) is 3.58. The van der Waals surface area contributed by atoms with Crippen molar-refractivity contribution in [2.75, 3.05) is 0 Å². The number of aliphatic hydroxyl groups excluding tert-OH is 1. The lowest BCUT2D eigenvalue weighted by Gasteiger charge is -1.88. The first kappa shape index (κ1) is 14.7. The Morgan fingerprint density at radius 2 is 1.71 bits per heavy atom. The van der Waals surface area contributed by atoms with Crippen molar-refractivity contribution in [1.29, 1.82) is 0 Å². The van der Waals surface area contributed by atoms with Gasteiger partial charge in [-0.1, -0.05) is 19.9 Å². The molecule has 0 atom stereocenters. The highest BCUT2D eigenvalue weighted by Crippen LogP contribution is 1.94. The highest BCUT2D eigenvalue weighted by molar-refractivity contribution is 5.83. The number of carbonyl (C=O) groups is 2. The van der Waals surface area contributed by atoms with E-state index in [1.807, 2.05) is 6.92 Å². The topological polar surface area (TPSA) is 94.8 Å². The summed E-state index contributed by atoms with van der Waals surface area (Å²) in [5, 5.41) is 24.2. The number of hydrogen-bond donors (Lipinski definition) is 3. The minimum Gasteiger partial charge on any atom is -0.502 e. The molecule has 0 aliphatic carbocycles. The fourth-order valence-electron chi connectivity index (χ4n) is 0.368. The summed E-state index contributed by atoms with van der Waals surface area (Å²) in [7, 11) is 0. The zero-order valence-corrected chi connectivity index (χ0v) is 7.93. The molecule has 0 unspecified atom stereocenters. The minimum absolute atomic E-state index is 0.558. The van der Waals surface area contributed by atoms with Crippen LogP contribution in [-0.4, -0.2) is 27.3 Å². The Balaban J connectivity index is 0. The highest BCUT2D eigenvalue weighted by Gasteiger charge is 1.99. The van der Waals surface area contributed by atoms with E-state index in [2.05, 4.69) is 6.58 Å². The number of aliphatic hydroxyl groups is 1. The molecular weight excluding hydrogens is 188 g/mol. The summed E-state index contributed by atoms with van der Waals surface area (Å²) in [5.74, 6) is -2.80. The SMILES string of the molecule is C=CC(=O)O.CCC/C=C(\O)C(=O)O. The molecule has 14 heavy (non-hydrogen) atoms. The van der Waals surface area contributed by atoms with Crippen LogP contribution < -0.4 is 0 Å². The number of carboxylic acids is 2. The van der Waals surface area contributed by atoms with E-state index in [1.165, 1.54) is 6.08 Å². The van der Waals surface area contributed by atoms with Gasteiger partial charge in [0.1, 0.15) is 0 Å². The van der Waals surface area contributed by atoms with Crippen LogP contribution in [0, 0.1) is 0 Å². The maximum absolute atomic E-state index is 9.89. The third-order valence-electron chi connectivity index (χ3n) is 1.02. The molecule has 0 saturated carbocycles.